The predicted molar refractivity (Wildman–Crippen MR) is 140 cm³/mol. The lowest BCUT2D eigenvalue weighted by Crippen LogP contribution is -2.25. The van der Waals surface area contributed by atoms with Crippen molar-refractivity contribution >= 4 is 11.0 Å². The lowest BCUT2D eigenvalue weighted by Gasteiger charge is -2.20. The Bertz CT molecular complexity index is 1290. The van der Waals surface area contributed by atoms with E-state index in [2.05, 4.69) is 71.1 Å². The molecule has 6 rings (SSSR count). The minimum Gasteiger partial charge on any atom is -0.513 e. The molecule has 6 nitrogen and oxygen atoms in total. The first-order valence-electron chi connectivity index (χ1n) is 12.1. The number of fused-ring (bicyclic) bond motifs is 3. The summed E-state index contributed by atoms with van der Waals surface area (Å²) in [6.45, 7) is 10.0. The van der Waals surface area contributed by atoms with Gasteiger partial charge in [-0.3, -0.25) is 9.07 Å². The van der Waals surface area contributed by atoms with Crippen molar-refractivity contribution in [3.63, 3.8) is 0 Å². The van der Waals surface area contributed by atoms with E-state index in [1.165, 1.54) is 42.1 Å². The zero-order chi connectivity index (χ0) is 25.0. The Morgan fingerprint density at radius 1 is 1.17 bits per heavy atom. The van der Waals surface area contributed by atoms with E-state index in [1.54, 1.807) is 0 Å². The molecule has 0 amide bonds. The molecule has 184 valence electrons. The van der Waals surface area contributed by atoms with E-state index in [0.717, 1.165) is 48.3 Å². The number of hydrogen-bond donors (Lipinski definition) is 3. The maximum absolute atomic E-state index is 9.50. The summed E-state index contributed by atoms with van der Waals surface area (Å²) in [4.78, 5) is 8.02. The molecule has 1 spiro atoms. The number of aromatic amines is 1. The van der Waals surface area contributed by atoms with E-state index in [0.29, 0.717) is 7.18 Å². The van der Waals surface area contributed by atoms with E-state index < -0.39 is 0 Å². The molecule has 1 fully saturated rings. The Morgan fingerprint density at radius 2 is 1.91 bits per heavy atom. The van der Waals surface area contributed by atoms with Crippen LogP contribution in [0.25, 0.3) is 33.4 Å². The molecule has 5 heterocycles. The average Bonchev–Trinajstić information content (AvgIpc) is 3.66. The number of aliphatic hydroxyl groups excluding tert-OH is 1. The van der Waals surface area contributed by atoms with Crippen LogP contribution in [0.5, 0.6) is 0 Å². The SMILES string of the molecule is C=C(C)O.CCc1ccc(-c2c[nH]c3ncc(-c4cc5n(n4)CCC54CCNC4)cc23)cc1.CF. The van der Waals surface area contributed by atoms with Gasteiger partial charge in [0.05, 0.1) is 18.6 Å². The van der Waals surface area contributed by atoms with Crippen molar-refractivity contribution in [1.29, 1.82) is 0 Å². The van der Waals surface area contributed by atoms with Crippen LogP contribution in [0.1, 0.15) is 37.9 Å². The van der Waals surface area contributed by atoms with Gasteiger partial charge in [-0.2, -0.15) is 5.10 Å². The Hall–Kier alpha value is -3.45. The Morgan fingerprint density at radius 3 is 2.57 bits per heavy atom. The second kappa shape index (κ2) is 10.4. The van der Waals surface area contributed by atoms with Crippen LogP contribution in [-0.4, -0.2) is 45.1 Å². The highest BCUT2D eigenvalue weighted by molar-refractivity contribution is 5.95. The Labute approximate surface area is 205 Å². The minimum atomic E-state index is 0.167. The van der Waals surface area contributed by atoms with E-state index >= 15 is 0 Å². The van der Waals surface area contributed by atoms with Crippen molar-refractivity contribution in [2.24, 2.45) is 0 Å². The first-order chi connectivity index (χ1) is 17.0. The quantitative estimate of drug-likeness (QED) is 0.320. The average molecular weight is 476 g/mol. The summed E-state index contributed by atoms with van der Waals surface area (Å²) in [6.07, 6.45) is 7.48. The molecule has 4 aromatic rings. The number of pyridine rings is 1. The second-order valence-corrected chi connectivity index (χ2v) is 9.20. The van der Waals surface area contributed by atoms with Crippen LogP contribution in [0.2, 0.25) is 0 Å². The van der Waals surface area contributed by atoms with Gasteiger partial charge in [0.2, 0.25) is 0 Å². The van der Waals surface area contributed by atoms with Gasteiger partial charge in [-0.1, -0.05) is 37.8 Å². The van der Waals surface area contributed by atoms with Crippen molar-refractivity contribution in [3.8, 4) is 22.4 Å². The molecule has 0 bridgehead atoms. The molecular formula is C28H34FN5O. The summed E-state index contributed by atoms with van der Waals surface area (Å²) in [6, 6.07) is 13.4. The number of H-pyrrole nitrogens is 1. The van der Waals surface area contributed by atoms with E-state index in [4.69, 9.17) is 15.2 Å². The van der Waals surface area contributed by atoms with E-state index in [-0.39, 0.29) is 11.2 Å². The monoisotopic (exact) mass is 475 g/mol. The number of allylic oxidation sites excluding steroid dienone is 1. The third-order valence-electron chi connectivity index (χ3n) is 6.87. The largest absolute Gasteiger partial charge is 0.513 e. The summed E-state index contributed by atoms with van der Waals surface area (Å²) in [5.74, 6) is 0.167. The van der Waals surface area contributed by atoms with E-state index in [1.807, 2.05) is 6.20 Å². The lowest BCUT2D eigenvalue weighted by molar-refractivity contribution is 0.417. The van der Waals surface area contributed by atoms with Gasteiger partial charge >= 0.3 is 0 Å². The highest BCUT2D eigenvalue weighted by atomic mass is 19.1. The normalized spacial score (nSPS) is 18.1. The highest BCUT2D eigenvalue weighted by Crippen LogP contribution is 2.41. The summed E-state index contributed by atoms with van der Waals surface area (Å²) in [5.41, 5.74) is 8.49. The molecule has 7 heteroatoms. The van der Waals surface area contributed by atoms with Crippen LogP contribution in [0, 0.1) is 0 Å². The smallest absolute Gasteiger partial charge is 0.137 e. The van der Waals surface area contributed by atoms with Crippen LogP contribution in [0.4, 0.5) is 4.39 Å². The number of benzene rings is 1. The Balaban J connectivity index is 0.000000440. The number of nitrogens with one attached hydrogen (secondary N) is 2. The summed E-state index contributed by atoms with van der Waals surface area (Å²) in [5, 5.41) is 17.5. The first-order valence-corrected chi connectivity index (χ1v) is 12.1. The topological polar surface area (TPSA) is 78.8 Å². The van der Waals surface area contributed by atoms with Gasteiger partial charge in [0.25, 0.3) is 0 Å². The molecule has 0 radical (unpaired) electrons. The molecule has 1 saturated heterocycles. The fraction of sp³-hybridized carbons (Fsp3) is 0.357. The van der Waals surface area contributed by atoms with Crippen LogP contribution in [0.15, 0.2) is 61.1 Å². The summed E-state index contributed by atoms with van der Waals surface area (Å²) >= 11 is 0. The van der Waals surface area contributed by atoms with Crippen molar-refractivity contribution in [3.05, 3.63) is 72.4 Å². The summed E-state index contributed by atoms with van der Waals surface area (Å²) in [7, 11) is 0.500. The number of nitrogens with zero attached hydrogens (tertiary/aromatic N) is 3. The van der Waals surface area contributed by atoms with Crippen LogP contribution < -0.4 is 5.32 Å². The summed E-state index contributed by atoms with van der Waals surface area (Å²) < 4.78 is 11.7. The standard InChI is InChI=1S/C24H25N5.C3H6O.CH3F/c1-2-16-3-5-17(6-4-16)20-14-27-23-19(20)11-18(13-26-23)21-12-22-24(7-9-25-15-24)8-10-29(22)28-21;1-3(2)4;1-2/h3-6,11-14,25H,2,7-10,15H2,1H3,(H,26,27);4H,1H2,2H3;1H3. The minimum absolute atomic E-state index is 0.167. The third-order valence-corrected chi connectivity index (χ3v) is 6.87. The molecule has 1 atom stereocenters. The van der Waals surface area contributed by atoms with Crippen LogP contribution in [-0.2, 0) is 18.4 Å². The first kappa shape index (κ1) is 24.7. The number of aliphatic hydroxyl groups is 1. The number of aryl methyl sites for hydroxylation is 2. The molecule has 35 heavy (non-hydrogen) atoms. The molecule has 1 aromatic carbocycles. The second-order valence-electron chi connectivity index (χ2n) is 9.20. The number of hydrogen-bond acceptors (Lipinski definition) is 4. The lowest BCUT2D eigenvalue weighted by atomic mass is 9.82. The number of alkyl halides is 1. The molecule has 2 aliphatic heterocycles. The molecule has 2 aliphatic rings. The van der Waals surface area contributed by atoms with Crippen LogP contribution >= 0.6 is 0 Å². The van der Waals surface area contributed by atoms with Gasteiger partial charge in [0, 0.05) is 53.1 Å². The van der Waals surface area contributed by atoms with Gasteiger partial charge < -0.3 is 15.4 Å². The van der Waals surface area contributed by atoms with Crippen molar-refractivity contribution < 1.29 is 9.50 Å². The van der Waals surface area contributed by atoms with Crippen molar-refractivity contribution in [2.45, 2.75) is 45.1 Å². The van der Waals surface area contributed by atoms with Gasteiger partial charge in [-0.05, 0) is 56.0 Å². The van der Waals surface area contributed by atoms with Gasteiger partial charge in [-0.25, -0.2) is 4.98 Å². The number of halogens is 1. The molecular weight excluding hydrogens is 441 g/mol. The Kier molecular flexibility index (Phi) is 7.36. The fourth-order valence-corrected chi connectivity index (χ4v) is 5.08. The molecule has 0 aliphatic carbocycles. The molecule has 0 saturated carbocycles. The van der Waals surface area contributed by atoms with Gasteiger partial charge in [0.15, 0.2) is 0 Å². The predicted octanol–water partition coefficient (Wildman–Crippen LogP) is 5.95. The van der Waals surface area contributed by atoms with Crippen molar-refractivity contribution in [1.82, 2.24) is 25.1 Å². The molecule has 3 N–H and O–H groups in total. The van der Waals surface area contributed by atoms with Gasteiger partial charge in [0.1, 0.15) is 5.65 Å². The molecule has 3 aromatic heterocycles. The van der Waals surface area contributed by atoms with E-state index in [9.17, 15) is 4.39 Å². The maximum Gasteiger partial charge on any atom is 0.137 e. The maximum atomic E-state index is 9.50. The zero-order valence-corrected chi connectivity index (χ0v) is 20.7. The van der Waals surface area contributed by atoms with Crippen LogP contribution in [0.3, 0.4) is 0 Å². The highest BCUT2D eigenvalue weighted by Gasteiger charge is 2.42. The van der Waals surface area contributed by atoms with Gasteiger partial charge in [-0.15, -0.1) is 0 Å². The third kappa shape index (κ3) is 4.86. The number of rotatable bonds is 3. The zero-order valence-electron chi connectivity index (χ0n) is 20.7. The van der Waals surface area contributed by atoms with Crippen molar-refractivity contribution in [2.75, 3.05) is 20.3 Å². The fourth-order valence-electron chi connectivity index (χ4n) is 5.08. The molecule has 1 unspecified atom stereocenters. The number of aromatic nitrogens is 4.